The summed E-state index contributed by atoms with van der Waals surface area (Å²) in [5.41, 5.74) is 0.422. The molecule has 0 aromatic carbocycles. The number of aliphatic hydroxyl groups is 2. The van der Waals surface area contributed by atoms with Crippen molar-refractivity contribution in [1.29, 1.82) is 0 Å². The van der Waals surface area contributed by atoms with Crippen molar-refractivity contribution in [3.63, 3.8) is 0 Å². The number of nitrogens with zero attached hydrogens (tertiary/aromatic N) is 3. The summed E-state index contributed by atoms with van der Waals surface area (Å²) in [6.45, 7) is 7.04. The van der Waals surface area contributed by atoms with E-state index in [1.807, 2.05) is 0 Å². The first-order chi connectivity index (χ1) is 9.27. The van der Waals surface area contributed by atoms with E-state index in [-0.39, 0.29) is 12.4 Å². The van der Waals surface area contributed by atoms with Crippen molar-refractivity contribution in [2.45, 2.75) is 31.2 Å². The standard InChI is InChI=1S/C12H16ClN3O4/c1-4-5-15-9(17)10(18)16(11(15)19)8-6-7(14-20-8)12(2,3)13/h4,6,9-10,17-18H,1,5H2,2-3H3. The lowest BCUT2D eigenvalue weighted by Crippen LogP contribution is -2.36. The Labute approximate surface area is 121 Å². The lowest BCUT2D eigenvalue weighted by atomic mass is 10.1. The smallest absolute Gasteiger partial charge is 0.331 e. The van der Waals surface area contributed by atoms with E-state index in [0.717, 1.165) is 9.80 Å². The quantitative estimate of drug-likeness (QED) is 0.644. The summed E-state index contributed by atoms with van der Waals surface area (Å²) in [5, 5.41) is 23.5. The van der Waals surface area contributed by atoms with Crippen LogP contribution in [0.3, 0.4) is 0 Å². The summed E-state index contributed by atoms with van der Waals surface area (Å²) in [4.78, 5) is 13.4. The van der Waals surface area contributed by atoms with Crippen molar-refractivity contribution in [3.8, 4) is 0 Å². The fourth-order valence-corrected chi connectivity index (χ4v) is 1.96. The highest BCUT2D eigenvalue weighted by atomic mass is 35.5. The molecule has 2 amide bonds. The molecule has 2 heterocycles. The molecule has 0 saturated carbocycles. The molecule has 0 radical (unpaired) electrons. The minimum absolute atomic E-state index is 0.0248. The number of aliphatic hydroxyl groups excluding tert-OH is 2. The molecule has 1 aliphatic heterocycles. The van der Waals surface area contributed by atoms with Gasteiger partial charge in [-0.3, -0.25) is 4.90 Å². The van der Waals surface area contributed by atoms with Crippen molar-refractivity contribution in [3.05, 3.63) is 24.4 Å². The van der Waals surface area contributed by atoms with E-state index in [0.29, 0.717) is 5.69 Å². The Balaban J connectivity index is 2.31. The van der Waals surface area contributed by atoms with E-state index in [4.69, 9.17) is 16.1 Å². The van der Waals surface area contributed by atoms with Crippen LogP contribution in [-0.2, 0) is 4.87 Å². The lowest BCUT2D eigenvalue weighted by molar-refractivity contribution is -0.0242. The van der Waals surface area contributed by atoms with Crippen molar-refractivity contribution < 1.29 is 19.5 Å². The van der Waals surface area contributed by atoms with Crippen LogP contribution >= 0.6 is 11.6 Å². The number of rotatable bonds is 4. The van der Waals surface area contributed by atoms with Gasteiger partial charge in [0.2, 0.25) is 5.88 Å². The molecule has 0 aliphatic carbocycles. The number of anilines is 1. The monoisotopic (exact) mass is 301 g/mol. The van der Waals surface area contributed by atoms with Gasteiger partial charge >= 0.3 is 6.03 Å². The van der Waals surface area contributed by atoms with Gasteiger partial charge in [0.05, 0.1) is 4.87 Å². The number of hydrogen-bond acceptors (Lipinski definition) is 5. The molecular formula is C12H16ClN3O4. The normalized spacial score (nSPS) is 23.6. The van der Waals surface area contributed by atoms with Gasteiger partial charge in [0, 0.05) is 12.6 Å². The first-order valence-electron chi connectivity index (χ1n) is 6.00. The number of urea groups is 1. The molecule has 0 bridgehead atoms. The second-order valence-corrected chi connectivity index (χ2v) is 5.89. The molecule has 7 nitrogen and oxygen atoms in total. The Morgan fingerprint density at radius 2 is 2.20 bits per heavy atom. The molecule has 110 valence electrons. The highest BCUT2D eigenvalue weighted by Crippen LogP contribution is 2.33. The number of alkyl halides is 1. The average molecular weight is 302 g/mol. The second-order valence-electron chi connectivity index (χ2n) is 4.94. The minimum Gasteiger partial charge on any atom is -0.369 e. The third kappa shape index (κ3) is 2.39. The van der Waals surface area contributed by atoms with E-state index in [1.165, 1.54) is 12.1 Å². The highest BCUT2D eigenvalue weighted by molar-refractivity contribution is 6.23. The maximum Gasteiger partial charge on any atom is 0.331 e. The average Bonchev–Trinajstić information content (AvgIpc) is 2.90. The van der Waals surface area contributed by atoms with Crippen LogP contribution < -0.4 is 4.90 Å². The van der Waals surface area contributed by atoms with Crippen LogP contribution in [0.5, 0.6) is 0 Å². The number of hydrogen-bond donors (Lipinski definition) is 2. The van der Waals surface area contributed by atoms with Gasteiger partial charge in [-0.1, -0.05) is 11.2 Å². The maximum absolute atomic E-state index is 12.1. The zero-order valence-electron chi connectivity index (χ0n) is 11.2. The highest BCUT2D eigenvalue weighted by Gasteiger charge is 2.46. The van der Waals surface area contributed by atoms with Crippen LogP contribution in [0, 0.1) is 0 Å². The Morgan fingerprint density at radius 1 is 1.55 bits per heavy atom. The van der Waals surface area contributed by atoms with Crippen LogP contribution in [0.2, 0.25) is 0 Å². The summed E-state index contributed by atoms with van der Waals surface area (Å²) in [7, 11) is 0. The van der Waals surface area contributed by atoms with Gasteiger partial charge in [0.1, 0.15) is 5.69 Å². The molecule has 1 saturated heterocycles. The molecule has 2 N–H and O–H groups in total. The molecule has 8 heteroatoms. The summed E-state index contributed by atoms with van der Waals surface area (Å²) >= 11 is 6.10. The van der Waals surface area contributed by atoms with Gasteiger partial charge in [0.15, 0.2) is 12.5 Å². The molecule has 2 unspecified atom stereocenters. The van der Waals surface area contributed by atoms with Crippen LogP contribution in [0.15, 0.2) is 23.2 Å². The second kappa shape index (κ2) is 5.08. The van der Waals surface area contributed by atoms with Gasteiger partial charge in [-0.2, -0.15) is 0 Å². The Kier molecular flexibility index (Phi) is 3.77. The van der Waals surface area contributed by atoms with E-state index >= 15 is 0 Å². The zero-order chi connectivity index (χ0) is 15.1. The summed E-state index contributed by atoms with van der Waals surface area (Å²) in [6.07, 6.45) is -1.36. The van der Waals surface area contributed by atoms with E-state index in [2.05, 4.69) is 11.7 Å². The first kappa shape index (κ1) is 14.8. The number of aromatic nitrogens is 1. The van der Waals surface area contributed by atoms with Crippen LogP contribution in [0.4, 0.5) is 10.7 Å². The SMILES string of the molecule is C=CCN1C(=O)N(c2cc(C(C)(C)Cl)no2)C(O)C1O. The van der Waals surface area contributed by atoms with Crippen LogP contribution in [0.1, 0.15) is 19.5 Å². The number of carbonyl (C=O) groups excluding carboxylic acids is 1. The van der Waals surface area contributed by atoms with E-state index < -0.39 is 23.4 Å². The molecule has 2 rings (SSSR count). The largest absolute Gasteiger partial charge is 0.369 e. The van der Waals surface area contributed by atoms with Gasteiger partial charge in [0.25, 0.3) is 0 Å². The predicted molar refractivity (Wildman–Crippen MR) is 72.2 cm³/mol. The predicted octanol–water partition coefficient (Wildman–Crippen LogP) is 1.21. The Hall–Kier alpha value is -1.57. The fourth-order valence-electron chi connectivity index (χ4n) is 1.87. The first-order valence-corrected chi connectivity index (χ1v) is 6.38. The topological polar surface area (TPSA) is 90.0 Å². The number of amides is 2. The third-order valence-electron chi connectivity index (χ3n) is 2.97. The molecule has 1 fully saturated rings. The molecule has 2 atom stereocenters. The molecule has 0 spiro atoms. The maximum atomic E-state index is 12.1. The van der Waals surface area contributed by atoms with Crippen LogP contribution in [0.25, 0.3) is 0 Å². The van der Waals surface area contributed by atoms with Gasteiger partial charge < -0.3 is 14.7 Å². The Morgan fingerprint density at radius 3 is 2.70 bits per heavy atom. The summed E-state index contributed by atoms with van der Waals surface area (Å²) in [6, 6.07) is 0.859. The van der Waals surface area contributed by atoms with Gasteiger partial charge in [-0.25, -0.2) is 9.69 Å². The lowest BCUT2D eigenvalue weighted by Gasteiger charge is -2.16. The number of halogens is 1. The zero-order valence-corrected chi connectivity index (χ0v) is 11.9. The van der Waals surface area contributed by atoms with Crippen molar-refractivity contribution in [2.75, 3.05) is 11.4 Å². The molecule has 20 heavy (non-hydrogen) atoms. The summed E-state index contributed by atoms with van der Waals surface area (Å²) in [5.74, 6) is 0.0248. The minimum atomic E-state index is -1.44. The third-order valence-corrected chi connectivity index (χ3v) is 3.17. The Bertz CT molecular complexity index is 525. The van der Waals surface area contributed by atoms with Crippen molar-refractivity contribution in [1.82, 2.24) is 10.1 Å². The van der Waals surface area contributed by atoms with Crippen molar-refractivity contribution in [2.24, 2.45) is 0 Å². The molecule has 1 aliphatic rings. The van der Waals surface area contributed by atoms with Gasteiger partial charge in [-0.15, -0.1) is 18.2 Å². The van der Waals surface area contributed by atoms with E-state index in [1.54, 1.807) is 13.8 Å². The molecule has 1 aromatic rings. The molecular weight excluding hydrogens is 286 g/mol. The molecule has 1 aromatic heterocycles. The fraction of sp³-hybridized carbons (Fsp3) is 0.500. The number of carbonyl (C=O) groups is 1. The summed E-state index contributed by atoms with van der Waals surface area (Å²) < 4.78 is 5.04. The van der Waals surface area contributed by atoms with Crippen LogP contribution in [-0.4, -0.2) is 45.3 Å². The van der Waals surface area contributed by atoms with E-state index in [9.17, 15) is 15.0 Å². The van der Waals surface area contributed by atoms with Gasteiger partial charge in [-0.05, 0) is 13.8 Å². The van der Waals surface area contributed by atoms with Crippen molar-refractivity contribution >= 4 is 23.5 Å².